The molecule has 0 fully saturated rings. The van der Waals surface area contributed by atoms with Gasteiger partial charge in [-0.2, -0.15) is 0 Å². The molecule has 0 aliphatic carbocycles. The minimum absolute atomic E-state index is 0.121. The molecule has 0 radical (unpaired) electrons. The molecule has 7 nitrogen and oxygen atoms in total. The number of benzene rings is 1. The van der Waals surface area contributed by atoms with Crippen LogP contribution in [0.15, 0.2) is 42.6 Å². The van der Waals surface area contributed by atoms with Gasteiger partial charge in [0.25, 0.3) is 5.91 Å². The topological polar surface area (TPSA) is 104 Å². The molecule has 7 heteroatoms. The molecule has 2 amide bonds. The second-order valence-corrected chi connectivity index (χ2v) is 5.99. The third-order valence-electron chi connectivity index (χ3n) is 2.72. The van der Waals surface area contributed by atoms with E-state index in [0.29, 0.717) is 17.2 Å². The fraction of sp³-hybridized carbons (Fsp3) is 0.235. The first-order valence-corrected chi connectivity index (χ1v) is 7.27. The number of primary amides is 1. The van der Waals surface area contributed by atoms with Crippen molar-refractivity contribution in [2.75, 3.05) is 5.32 Å². The molecule has 0 aliphatic heterocycles. The third-order valence-corrected chi connectivity index (χ3v) is 2.72. The smallest absolute Gasteiger partial charge is 0.412 e. The normalized spacial score (nSPS) is 10.8. The first kappa shape index (κ1) is 17.3. The maximum absolute atomic E-state index is 11.7. The van der Waals surface area contributed by atoms with Crippen molar-refractivity contribution in [3.05, 3.63) is 48.3 Å². The zero-order chi connectivity index (χ0) is 17.7. The van der Waals surface area contributed by atoms with Crippen molar-refractivity contribution in [1.29, 1.82) is 0 Å². The standard InChI is InChI=1S/C17H19N3O4/c1-17(2,3)24-16(22)20-11-4-6-12(7-5-11)23-13-8-9-19-14(10-13)15(18)21/h4-10H,1-3H3,(H2,18,21)(H,20,22). The maximum atomic E-state index is 11.7. The van der Waals surface area contributed by atoms with Crippen LogP contribution in [0.4, 0.5) is 10.5 Å². The number of pyridine rings is 1. The Hall–Kier alpha value is -3.09. The second-order valence-electron chi connectivity index (χ2n) is 5.99. The van der Waals surface area contributed by atoms with Crippen molar-refractivity contribution >= 4 is 17.7 Å². The molecule has 2 rings (SSSR count). The number of rotatable bonds is 4. The Morgan fingerprint density at radius 3 is 2.33 bits per heavy atom. The van der Waals surface area contributed by atoms with E-state index in [0.717, 1.165) is 0 Å². The lowest BCUT2D eigenvalue weighted by molar-refractivity contribution is 0.0635. The molecular formula is C17H19N3O4. The van der Waals surface area contributed by atoms with Crippen LogP contribution in [0.2, 0.25) is 0 Å². The van der Waals surface area contributed by atoms with Crippen molar-refractivity contribution in [2.24, 2.45) is 5.73 Å². The quantitative estimate of drug-likeness (QED) is 0.895. The summed E-state index contributed by atoms with van der Waals surface area (Å²) in [5, 5.41) is 2.63. The van der Waals surface area contributed by atoms with Crippen molar-refractivity contribution < 1.29 is 19.1 Å². The molecule has 3 N–H and O–H groups in total. The predicted molar refractivity (Wildman–Crippen MR) is 89.1 cm³/mol. The number of hydrogen-bond acceptors (Lipinski definition) is 5. The monoisotopic (exact) mass is 329 g/mol. The number of anilines is 1. The lowest BCUT2D eigenvalue weighted by atomic mass is 10.2. The van der Waals surface area contributed by atoms with Crippen LogP contribution >= 0.6 is 0 Å². The van der Waals surface area contributed by atoms with Crippen LogP contribution in [0.5, 0.6) is 11.5 Å². The van der Waals surface area contributed by atoms with Crippen LogP contribution in [0.25, 0.3) is 0 Å². The maximum Gasteiger partial charge on any atom is 0.412 e. The second kappa shape index (κ2) is 6.99. The highest BCUT2D eigenvalue weighted by molar-refractivity contribution is 5.91. The Morgan fingerprint density at radius 2 is 1.75 bits per heavy atom. The zero-order valence-electron chi connectivity index (χ0n) is 13.7. The van der Waals surface area contributed by atoms with Crippen LogP contribution in [0.1, 0.15) is 31.3 Å². The van der Waals surface area contributed by atoms with Gasteiger partial charge < -0.3 is 15.2 Å². The summed E-state index contributed by atoms with van der Waals surface area (Å²) in [6.07, 6.45) is 0.907. The molecule has 0 spiro atoms. The van der Waals surface area contributed by atoms with Gasteiger partial charge in [0.15, 0.2) is 0 Å². The predicted octanol–water partition coefficient (Wildman–Crippen LogP) is 3.32. The Bertz CT molecular complexity index is 736. The summed E-state index contributed by atoms with van der Waals surface area (Å²) in [6.45, 7) is 5.37. The molecule has 0 atom stereocenters. The molecule has 2 aromatic rings. The molecule has 0 unspecified atom stereocenters. The average Bonchev–Trinajstić information content (AvgIpc) is 2.47. The van der Waals surface area contributed by atoms with Crippen LogP contribution in [0, 0.1) is 0 Å². The molecule has 1 heterocycles. The van der Waals surface area contributed by atoms with Crippen LogP contribution in [0.3, 0.4) is 0 Å². The summed E-state index contributed by atoms with van der Waals surface area (Å²) < 4.78 is 10.8. The number of nitrogens with zero attached hydrogens (tertiary/aromatic N) is 1. The van der Waals surface area contributed by atoms with E-state index in [1.165, 1.54) is 12.3 Å². The fourth-order valence-corrected chi connectivity index (χ4v) is 1.77. The Labute approximate surface area is 139 Å². The van der Waals surface area contributed by atoms with Crippen LogP contribution in [-0.2, 0) is 4.74 Å². The van der Waals surface area contributed by atoms with Gasteiger partial charge in [-0.3, -0.25) is 15.1 Å². The molecular weight excluding hydrogens is 310 g/mol. The molecule has 0 bridgehead atoms. The number of ether oxygens (including phenoxy) is 2. The van der Waals surface area contributed by atoms with E-state index >= 15 is 0 Å². The van der Waals surface area contributed by atoms with Gasteiger partial charge in [-0.05, 0) is 51.1 Å². The average molecular weight is 329 g/mol. The largest absolute Gasteiger partial charge is 0.457 e. The molecule has 0 saturated carbocycles. The highest BCUT2D eigenvalue weighted by atomic mass is 16.6. The summed E-state index contributed by atoms with van der Waals surface area (Å²) in [5.74, 6) is 0.343. The third kappa shape index (κ3) is 5.28. The lowest BCUT2D eigenvalue weighted by Gasteiger charge is -2.19. The number of carbonyl (C=O) groups is 2. The summed E-state index contributed by atoms with van der Waals surface area (Å²) in [6, 6.07) is 9.77. The van der Waals surface area contributed by atoms with Crippen molar-refractivity contribution in [3.8, 4) is 11.5 Å². The zero-order valence-corrected chi connectivity index (χ0v) is 13.7. The van der Waals surface area contributed by atoms with Gasteiger partial charge in [-0.15, -0.1) is 0 Å². The first-order valence-electron chi connectivity index (χ1n) is 7.27. The molecule has 1 aromatic heterocycles. The summed E-state index contributed by atoms with van der Waals surface area (Å²) in [4.78, 5) is 26.6. The number of amides is 2. The van der Waals surface area contributed by atoms with Crippen molar-refractivity contribution in [1.82, 2.24) is 4.98 Å². The van der Waals surface area contributed by atoms with E-state index in [2.05, 4.69) is 10.3 Å². The molecule has 126 valence electrons. The summed E-state index contributed by atoms with van der Waals surface area (Å²) in [5.41, 5.74) is 5.31. The molecule has 1 aromatic carbocycles. The van der Waals surface area contributed by atoms with E-state index in [-0.39, 0.29) is 5.69 Å². The first-order chi connectivity index (χ1) is 11.2. The molecule has 0 aliphatic rings. The highest BCUT2D eigenvalue weighted by Crippen LogP contribution is 2.23. The SMILES string of the molecule is CC(C)(C)OC(=O)Nc1ccc(Oc2ccnc(C(N)=O)c2)cc1. The number of hydrogen-bond donors (Lipinski definition) is 2. The Morgan fingerprint density at radius 1 is 1.08 bits per heavy atom. The van der Waals surface area contributed by atoms with E-state index in [1.807, 2.05) is 0 Å². The van der Waals surface area contributed by atoms with Gasteiger partial charge in [-0.1, -0.05) is 0 Å². The number of nitrogens with two attached hydrogens (primary N) is 1. The minimum Gasteiger partial charge on any atom is -0.457 e. The highest BCUT2D eigenvalue weighted by Gasteiger charge is 2.16. The van der Waals surface area contributed by atoms with Gasteiger partial charge in [0.05, 0.1) is 0 Å². The van der Waals surface area contributed by atoms with E-state index < -0.39 is 17.6 Å². The fourth-order valence-electron chi connectivity index (χ4n) is 1.77. The van der Waals surface area contributed by atoms with E-state index in [9.17, 15) is 9.59 Å². The van der Waals surface area contributed by atoms with Gasteiger partial charge in [0.1, 0.15) is 22.8 Å². The summed E-state index contributed by atoms with van der Waals surface area (Å²) in [7, 11) is 0. The van der Waals surface area contributed by atoms with Crippen LogP contribution in [-0.4, -0.2) is 22.6 Å². The Balaban J connectivity index is 2.01. The van der Waals surface area contributed by atoms with Crippen molar-refractivity contribution in [3.63, 3.8) is 0 Å². The van der Waals surface area contributed by atoms with Crippen LogP contribution < -0.4 is 15.8 Å². The van der Waals surface area contributed by atoms with Gasteiger partial charge in [0.2, 0.25) is 0 Å². The Kier molecular flexibility index (Phi) is 5.03. The number of aromatic nitrogens is 1. The van der Waals surface area contributed by atoms with Gasteiger partial charge in [0, 0.05) is 18.0 Å². The van der Waals surface area contributed by atoms with Gasteiger partial charge >= 0.3 is 6.09 Å². The van der Waals surface area contributed by atoms with E-state index in [1.54, 1.807) is 51.1 Å². The molecule has 24 heavy (non-hydrogen) atoms. The summed E-state index contributed by atoms with van der Waals surface area (Å²) >= 11 is 0. The number of carbonyl (C=O) groups excluding carboxylic acids is 2. The number of nitrogens with one attached hydrogen (secondary N) is 1. The van der Waals surface area contributed by atoms with Gasteiger partial charge in [-0.25, -0.2) is 4.79 Å². The van der Waals surface area contributed by atoms with Crippen molar-refractivity contribution in [2.45, 2.75) is 26.4 Å². The van der Waals surface area contributed by atoms with E-state index in [4.69, 9.17) is 15.2 Å². The molecule has 0 saturated heterocycles. The lowest BCUT2D eigenvalue weighted by Crippen LogP contribution is -2.27. The minimum atomic E-state index is -0.627.